The van der Waals surface area contributed by atoms with Crippen molar-refractivity contribution in [2.45, 2.75) is 38.2 Å². The molecule has 0 unspecified atom stereocenters. The third-order valence-electron chi connectivity index (χ3n) is 2.50. The van der Waals surface area contributed by atoms with E-state index >= 15 is 0 Å². The van der Waals surface area contributed by atoms with Crippen LogP contribution in [0.25, 0.3) is 10.4 Å². The van der Waals surface area contributed by atoms with Crippen molar-refractivity contribution in [2.75, 3.05) is 6.54 Å². The molecule has 1 N–H and O–H groups in total. The van der Waals surface area contributed by atoms with Crippen molar-refractivity contribution in [2.24, 2.45) is 11.0 Å². The molecule has 0 saturated heterocycles. The summed E-state index contributed by atoms with van der Waals surface area (Å²) in [6.07, 6.45) is 3.76. The molecule has 0 heterocycles. The van der Waals surface area contributed by atoms with Crippen LogP contribution < -0.4 is 0 Å². The van der Waals surface area contributed by atoms with Crippen LogP contribution >= 0.6 is 0 Å². The predicted molar refractivity (Wildman–Crippen MR) is 46.6 cm³/mol. The number of hydrogen-bond acceptors (Lipinski definition) is 2. The van der Waals surface area contributed by atoms with Crippen molar-refractivity contribution in [3.05, 3.63) is 10.4 Å². The summed E-state index contributed by atoms with van der Waals surface area (Å²) in [5.74, 6) is 0.553. The molecule has 0 bridgehead atoms. The molecule has 0 aromatic carbocycles. The molecule has 0 amide bonds. The summed E-state index contributed by atoms with van der Waals surface area (Å²) in [4.78, 5) is 2.67. The Labute approximate surface area is 72.2 Å². The molecule has 0 spiro atoms. The Kier molecular flexibility index (Phi) is 2.95. The van der Waals surface area contributed by atoms with Gasteiger partial charge in [0.15, 0.2) is 0 Å². The van der Waals surface area contributed by atoms with Crippen molar-refractivity contribution < 1.29 is 5.11 Å². The van der Waals surface area contributed by atoms with Gasteiger partial charge in [0.2, 0.25) is 0 Å². The predicted octanol–water partition coefficient (Wildman–Crippen LogP) is 2.24. The zero-order valence-electron chi connectivity index (χ0n) is 7.40. The standard InChI is InChI=1S/C8H15N3O/c1-7-3-2-4-8(12,5-7)6-10-11-9/h7,12H,2-6H2,1H3/t7-,8+/m0/s1. The lowest BCUT2D eigenvalue weighted by molar-refractivity contribution is -0.00433. The van der Waals surface area contributed by atoms with E-state index in [1.165, 1.54) is 6.42 Å². The third-order valence-corrected chi connectivity index (χ3v) is 2.50. The van der Waals surface area contributed by atoms with Gasteiger partial charge in [0.25, 0.3) is 0 Å². The van der Waals surface area contributed by atoms with Crippen LogP contribution in [0.15, 0.2) is 5.11 Å². The number of aliphatic hydroxyl groups is 1. The van der Waals surface area contributed by atoms with Crippen LogP contribution in [0.4, 0.5) is 0 Å². The normalized spacial score (nSPS) is 35.7. The van der Waals surface area contributed by atoms with Gasteiger partial charge in [-0.25, -0.2) is 0 Å². The highest BCUT2D eigenvalue weighted by Crippen LogP contribution is 2.32. The molecule has 1 fully saturated rings. The van der Waals surface area contributed by atoms with Gasteiger partial charge in [0.1, 0.15) is 0 Å². The van der Waals surface area contributed by atoms with Crippen LogP contribution in [-0.2, 0) is 0 Å². The molecule has 12 heavy (non-hydrogen) atoms. The van der Waals surface area contributed by atoms with E-state index in [0.29, 0.717) is 5.92 Å². The fourth-order valence-corrected chi connectivity index (χ4v) is 1.94. The summed E-state index contributed by atoms with van der Waals surface area (Å²) in [7, 11) is 0. The Morgan fingerprint density at radius 3 is 3.08 bits per heavy atom. The Hall–Kier alpha value is -0.730. The van der Waals surface area contributed by atoms with Crippen LogP contribution in [0.3, 0.4) is 0 Å². The summed E-state index contributed by atoms with van der Waals surface area (Å²) in [6, 6.07) is 0. The molecule has 0 aromatic heterocycles. The maximum Gasteiger partial charge on any atom is 0.0706 e. The van der Waals surface area contributed by atoms with E-state index in [2.05, 4.69) is 16.9 Å². The van der Waals surface area contributed by atoms with Gasteiger partial charge >= 0.3 is 0 Å². The molecule has 2 atom stereocenters. The lowest BCUT2D eigenvalue weighted by atomic mass is 9.79. The fraction of sp³-hybridized carbons (Fsp3) is 1.00. The molecule has 0 aromatic rings. The molecule has 4 nitrogen and oxygen atoms in total. The zero-order chi connectivity index (χ0) is 9.03. The topological polar surface area (TPSA) is 69.0 Å². The molecule has 1 aliphatic rings. The van der Waals surface area contributed by atoms with Gasteiger partial charge < -0.3 is 5.11 Å². The van der Waals surface area contributed by atoms with Gasteiger partial charge in [0, 0.05) is 4.91 Å². The van der Waals surface area contributed by atoms with Gasteiger partial charge in [-0.1, -0.05) is 24.9 Å². The second kappa shape index (κ2) is 3.78. The largest absolute Gasteiger partial charge is 0.390 e. The first-order valence-electron chi connectivity index (χ1n) is 4.39. The number of azide groups is 1. The van der Waals surface area contributed by atoms with Crippen molar-refractivity contribution in [3.63, 3.8) is 0 Å². The average molecular weight is 169 g/mol. The lowest BCUT2D eigenvalue weighted by Gasteiger charge is -2.34. The van der Waals surface area contributed by atoms with Crippen LogP contribution in [0.1, 0.15) is 32.6 Å². The minimum atomic E-state index is -0.718. The monoisotopic (exact) mass is 169 g/mol. The van der Waals surface area contributed by atoms with Crippen LogP contribution in [0, 0.1) is 5.92 Å². The second-order valence-corrected chi connectivity index (χ2v) is 3.81. The van der Waals surface area contributed by atoms with Crippen molar-refractivity contribution >= 4 is 0 Å². The smallest absolute Gasteiger partial charge is 0.0706 e. The van der Waals surface area contributed by atoms with Crippen LogP contribution in [0.2, 0.25) is 0 Å². The Morgan fingerprint density at radius 1 is 1.75 bits per heavy atom. The Bertz CT molecular complexity index is 200. The maximum absolute atomic E-state index is 9.91. The summed E-state index contributed by atoms with van der Waals surface area (Å²) in [5, 5.41) is 13.3. The van der Waals surface area contributed by atoms with Crippen molar-refractivity contribution in [3.8, 4) is 0 Å². The van der Waals surface area contributed by atoms with E-state index in [1.807, 2.05) is 0 Å². The van der Waals surface area contributed by atoms with Gasteiger partial charge in [0.05, 0.1) is 12.1 Å². The van der Waals surface area contributed by atoms with Gasteiger partial charge in [-0.05, 0) is 24.3 Å². The lowest BCUT2D eigenvalue weighted by Crippen LogP contribution is -2.37. The Balaban J connectivity index is 2.50. The molecule has 1 aliphatic carbocycles. The van der Waals surface area contributed by atoms with Gasteiger partial charge in [-0.2, -0.15) is 0 Å². The first-order valence-corrected chi connectivity index (χ1v) is 4.39. The van der Waals surface area contributed by atoms with E-state index in [0.717, 1.165) is 19.3 Å². The van der Waals surface area contributed by atoms with Gasteiger partial charge in [-0.15, -0.1) is 0 Å². The van der Waals surface area contributed by atoms with E-state index in [1.54, 1.807) is 0 Å². The first-order chi connectivity index (χ1) is 5.66. The summed E-state index contributed by atoms with van der Waals surface area (Å²) in [6.45, 7) is 2.36. The zero-order valence-corrected chi connectivity index (χ0v) is 7.40. The minimum absolute atomic E-state index is 0.230. The number of rotatable bonds is 2. The fourth-order valence-electron chi connectivity index (χ4n) is 1.94. The molecule has 0 aliphatic heterocycles. The molecule has 68 valence electrons. The van der Waals surface area contributed by atoms with E-state index in [4.69, 9.17) is 5.53 Å². The molecule has 4 heteroatoms. The van der Waals surface area contributed by atoms with Crippen molar-refractivity contribution in [1.29, 1.82) is 0 Å². The molecule has 1 rings (SSSR count). The van der Waals surface area contributed by atoms with E-state index < -0.39 is 5.60 Å². The Morgan fingerprint density at radius 2 is 2.50 bits per heavy atom. The highest BCUT2D eigenvalue weighted by atomic mass is 16.3. The molecule has 1 saturated carbocycles. The minimum Gasteiger partial charge on any atom is -0.390 e. The number of hydrogen-bond donors (Lipinski definition) is 1. The summed E-state index contributed by atoms with van der Waals surface area (Å²) < 4.78 is 0. The first kappa shape index (κ1) is 9.36. The molecular weight excluding hydrogens is 154 g/mol. The highest BCUT2D eigenvalue weighted by Gasteiger charge is 2.31. The van der Waals surface area contributed by atoms with E-state index in [-0.39, 0.29) is 6.54 Å². The molecule has 0 radical (unpaired) electrons. The van der Waals surface area contributed by atoms with E-state index in [9.17, 15) is 5.11 Å². The molecular formula is C8H15N3O. The van der Waals surface area contributed by atoms with Crippen molar-refractivity contribution in [1.82, 2.24) is 0 Å². The van der Waals surface area contributed by atoms with Gasteiger partial charge in [-0.3, -0.25) is 0 Å². The van der Waals surface area contributed by atoms with Crippen LogP contribution in [-0.4, -0.2) is 17.3 Å². The quantitative estimate of drug-likeness (QED) is 0.384. The SMILES string of the molecule is C[C@H]1CCC[C@](O)(CN=[N+]=[N-])C1. The maximum atomic E-state index is 9.91. The second-order valence-electron chi connectivity index (χ2n) is 3.81. The summed E-state index contributed by atoms with van der Waals surface area (Å²) in [5.41, 5.74) is 7.41. The highest BCUT2D eigenvalue weighted by molar-refractivity contribution is 4.86. The van der Waals surface area contributed by atoms with Crippen LogP contribution in [0.5, 0.6) is 0 Å². The number of nitrogens with zero attached hydrogens (tertiary/aromatic N) is 3. The summed E-state index contributed by atoms with van der Waals surface area (Å²) >= 11 is 0. The third kappa shape index (κ3) is 2.40. The average Bonchev–Trinajstić information content (AvgIpc) is 2.01.